The van der Waals surface area contributed by atoms with Crippen LogP contribution in [0.15, 0.2) is 42.5 Å². The molecule has 3 heterocycles. The molecule has 144 valence electrons. The van der Waals surface area contributed by atoms with Gasteiger partial charge in [-0.15, -0.1) is 0 Å². The third kappa shape index (κ3) is 4.25. The second-order valence-corrected chi connectivity index (χ2v) is 13.5. The second-order valence-electron chi connectivity index (χ2n) is 8.28. The van der Waals surface area contributed by atoms with Crippen LogP contribution in [0.1, 0.15) is 20.8 Å². The molecule has 1 aromatic heterocycles. The van der Waals surface area contributed by atoms with Crippen molar-refractivity contribution in [3.05, 3.63) is 42.5 Å². The fourth-order valence-electron chi connectivity index (χ4n) is 3.69. The molecule has 0 radical (unpaired) electrons. The molecular formula is C21H26IN3O2. The van der Waals surface area contributed by atoms with Crippen LogP contribution in [0.3, 0.4) is 0 Å². The molecule has 0 aliphatic carbocycles. The summed E-state index contributed by atoms with van der Waals surface area (Å²) in [5.74, 6) is 2.17. The van der Waals surface area contributed by atoms with Crippen molar-refractivity contribution in [1.29, 1.82) is 0 Å². The van der Waals surface area contributed by atoms with Crippen LogP contribution < -0.4 is 4.90 Å². The van der Waals surface area contributed by atoms with Gasteiger partial charge in [0.1, 0.15) is 0 Å². The molecule has 1 aromatic carbocycles. The molecule has 0 saturated carbocycles. The van der Waals surface area contributed by atoms with Gasteiger partial charge in [0.2, 0.25) is 0 Å². The number of carbonyl (C=O) groups is 1. The van der Waals surface area contributed by atoms with Gasteiger partial charge >= 0.3 is 168 Å². The van der Waals surface area contributed by atoms with Gasteiger partial charge in [0.15, 0.2) is 0 Å². The van der Waals surface area contributed by atoms with Crippen molar-refractivity contribution in [2.24, 2.45) is 11.8 Å². The van der Waals surface area contributed by atoms with E-state index in [1.54, 1.807) is 0 Å². The molecule has 2 aliphatic rings. The number of anilines is 1. The van der Waals surface area contributed by atoms with E-state index in [1.807, 2.05) is 57.2 Å². The van der Waals surface area contributed by atoms with Crippen molar-refractivity contribution in [3.63, 3.8) is 0 Å². The summed E-state index contributed by atoms with van der Waals surface area (Å²) in [6.07, 6.45) is 0. The van der Waals surface area contributed by atoms with Crippen molar-refractivity contribution < 1.29 is 9.53 Å². The molecule has 0 bridgehead atoms. The van der Waals surface area contributed by atoms with E-state index in [0.717, 1.165) is 39.0 Å². The van der Waals surface area contributed by atoms with Crippen LogP contribution in [0.2, 0.25) is 0 Å². The topological polar surface area (TPSA) is 55.3 Å². The maximum absolute atomic E-state index is 12.4. The molecule has 0 amide bonds. The SMILES string of the molecule is CC(C)(C)OC(=O)I1C[C@H]2CN(c3ccc(-c4ccccc4)nn3)C[C@H]2C1. The minimum atomic E-state index is -1.64. The van der Waals surface area contributed by atoms with Crippen LogP contribution >= 0.6 is 19.8 Å². The number of fused-ring (bicyclic) bond motifs is 1. The third-order valence-electron chi connectivity index (χ3n) is 4.99. The molecule has 0 spiro atoms. The van der Waals surface area contributed by atoms with Crippen LogP contribution in [0.5, 0.6) is 0 Å². The second kappa shape index (κ2) is 7.37. The molecule has 4 rings (SSSR count). The third-order valence-corrected chi connectivity index (χ3v) is 10.8. The molecule has 2 saturated heterocycles. The molecule has 27 heavy (non-hydrogen) atoms. The summed E-state index contributed by atoms with van der Waals surface area (Å²) < 4.78 is 7.93. The molecular weight excluding hydrogens is 453 g/mol. The number of halogens is 1. The van der Waals surface area contributed by atoms with Crippen molar-refractivity contribution in [3.8, 4) is 11.3 Å². The molecule has 6 heteroatoms. The van der Waals surface area contributed by atoms with E-state index in [4.69, 9.17) is 4.74 Å². The van der Waals surface area contributed by atoms with E-state index in [-0.39, 0.29) is 9.58 Å². The number of alkyl halides is 2. The Balaban J connectivity index is 1.37. The summed E-state index contributed by atoms with van der Waals surface area (Å²) in [5.41, 5.74) is 1.62. The van der Waals surface area contributed by atoms with Crippen molar-refractivity contribution >= 4 is 29.6 Å². The molecule has 2 atom stereocenters. The molecule has 2 aliphatic heterocycles. The van der Waals surface area contributed by atoms with Gasteiger partial charge in [-0.2, -0.15) is 0 Å². The van der Waals surface area contributed by atoms with Crippen molar-refractivity contribution in [2.45, 2.75) is 26.4 Å². The average molecular weight is 479 g/mol. The van der Waals surface area contributed by atoms with E-state index >= 15 is 0 Å². The first-order chi connectivity index (χ1) is 12.9. The normalized spacial score (nSPS) is 23.4. The van der Waals surface area contributed by atoms with E-state index in [2.05, 4.69) is 21.2 Å². The number of aromatic nitrogens is 2. The minimum absolute atomic E-state index is 0.125. The zero-order valence-corrected chi connectivity index (χ0v) is 18.2. The van der Waals surface area contributed by atoms with Crippen LogP contribution in [0.4, 0.5) is 10.6 Å². The predicted molar refractivity (Wildman–Crippen MR) is 117 cm³/mol. The summed E-state index contributed by atoms with van der Waals surface area (Å²) in [5, 5.41) is 8.88. The van der Waals surface area contributed by atoms with E-state index in [0.29, 0.717) is 11.8 Å². The fourth-order valence-corrected chi connectivity index (χ4v) is 10.5. The van der Waals surface area contributed by atoms with Crippen LogP contribution in [-0.4, -0.2) is 41.7 Å². The Labute approximate surface area is 167 Å². The van der Waals surface area contributed by atoms with Gasteiger partial charge in [-0.3, -0.25) is 0 Å². The molecule has 2 fully saturated rings. The summed E-state index contributed by atoms with van der Waals surface area (Å²) in [6.45, 7) is 7.84. The predicted octanol–water partition coefficient (Wildman–Crippen LogP) is 4.65. The van der Waals surface area contributed by atoms with Crippen LogP contribution in [0, 0.1) is 11.8 Å². The van der Waals surface area contributed by atoms with Gasteiger partial charge in [0, 0.05) is 0 Å². The summed E-state index contributed by atoms with van der Waals surface area (Å²) >= 11 is -1.64. The number of hydrogen-bond donors (Lipinski definition) is 0. The first kappa shape index (κ1) is 18.7. The summed E-state index contributed by atoms with van der Waals surface area (Å²) in [7, 11) is 0. The van der Waals surface area contributed by atoms with E-state index < -0.39 is 19.8 Å². The Morgan fingerprint density at radius 2 is 1.70 bits per heavy atom. The maximum atomic E-state index is 12.4. The first-order valence-corrected chi connectivity index (χ1v) is 13.5. The van der Waals surface area contributed by atoms with Crippen LogP contribution in [0.25, 0.3) is 11.3 Å². The Bertz CT molecular complexity index is 790. The van der Waals surface area contributed by atoms with Gasteiger partial charge in [-0.1, -0.05) is 0 Å². The van der Waals surface area contributed by atoms with Gasteiger partial charge < -0.3 is 0 Å². The zero-order chi connectivity index (χ0) is 19.0. The van der Waals surface area contributed by atoms with Crippen molar-refractivity contribution in [1.82, 2.24) is 10.2 Å². The fraction of sp³-hybridized carbons (Fsp3) is 0.476. The van der Waals surface area contributed by atoms with E-state index in [9.17, 15) is 4.79 Å². The molecule has 2 aromatic rings. The van der Waals surface area contributed by atoms with Gasteiger partial charge in [-0.05, 0) is 0 Å². The molecule has 5 nitrogen and oxygen atoms in total. The number of ether oxygens (including phenoxy) is 1. The Hall–Kier alpha value is -1.70. The number of benzene rings is 1. The van der Waals surface area contributed by atoms with E-state index in [1.165, 1.54) is 0 Å². The average Bonchev–Trinajstić information content (AvgIpc) is 3.20. The zero-order valence-electron chi connectivity index (χ0n) is 16.1. The van der Waals surface area contributed by atoms with Crippen molar-refractivity contribution in [2.75, 3.05) is 26.8 Å². The van der Waals surface area contributed by atoms with Gasteiger partial charge in [0.25, 0.3) is 0 Å². The Kier molecular flexibility index (Phi) is 5.09. The van der Waals surface area contributed by atoms with Crippen LogP contribution in [-0.2, 0) is 4.74 Å². The number of rotatable bonds is 3. The summed E-state index contributed by atoms with van der Waals surface area (Å²) in [4.78, 5) is 14.8. The Morgan fingerprint density at radius 3 is 2.26 bits per heavy atom. The monoisotopic (exact) mass is 479 g/mol. The Morgan fingerprint density at radius 1 is 1.04 bits per heavy atom. The van der Waals surface area contributed by atoms with Gasteiger partial charge in [-0.25, -0.2) is 0 Å². The number of nitrogens with zero attached hydrogens (tertiary/aromatic N) is 3. The number of hydrogen-bond acceptors (Lipinski definition) is 5. The standard InChI is InChI=1S/C21H26IN3O2/c1-21(2,3)27-20(26)22-11-16-13-25(14-17(16)12-22)19-10-9-18(23-24-19)15-7-5-4-6-8-15/h4-10,16-17H,11-14H2,1-3H3/t16-,17+. The quantitative estimate of drug-likeness (QED) is 0.365. The molecule has 0 N–H and O–H groups in total. The van der Waals surface area contributed by atoms with Gasteiger partial charge in [0.05, 0.1) is 0 Å². The number of carbonyl (C=O) groups excluding carboxylic acids is 1. The summed E-state index contributed by atoms with van der Waals surface area (Å²) in [6, 6.07) is 14.2. The first-order valence-electron chi connectivity index (χ1n) is 9.38. The molecule has 0 unspecified atom stereocenters.